The smallest absolute Gasteiger partial charge is 0.287 e. The second-order valence-electron chi connectivity index (χ2n) is 5.16. The van der Waals surface area contributed by atoms with E-state index in [2.05, 4.69) is 9.88 Å². The van der Waals surface area contributed by atoms with Gasteiger partial charge in [-0.15, -0.1) is 12.4 Å². The number of hydrogen-bond acceptors (Lipinski definition) is 5. The molecule has 19 heavy (non-hydrogen) atoms. The molecule has 2 saturated heterocycles. The maximum Gasteiger partial charge on any atom is 0.287 e. The van der Waals surface area contributed by atoms with Crippen molar-refractivity contribution in [2.45, 2.75) is 43.8 Å². The van der Waals surface area contributed by atoms with E-state index in [1.807, 2.05) is 0 Å². The van der Waals surface area contributed by atoms with Crippen molar-refractivity contribution in [2.75, 3.05) is 4.90 Å². The molecule has 0 amide bonds. The van der Waals surface area contributed by atoms with Crippen LogP contribution in [0.4, 0.5) is 11.5 Å². The fraction of sp³-hybridized carbons (Fsp3) is 0.583. The molecule has 1 aromatic heterocycles. The maximum atomic E-state index is 10.6. The van der Waals surface area contributed by atoms with E-state index in [-0.39, 0.29) is 24.1 Å². The summed E-state index contributed by atoms with van der Waals surface area (Å²) in [6, 6.07) is 4.47. The summed E-state index contributed by atoms with van der Waals surface area (Å²) < 4.78 is 0. The Labute approximate surface area is 117 Å². The first-order valence-electron chi connectivity index (χ1n) is 6.29. The molecule has 104 valence electrons. The molecule has 0 aliphatic carbocycles. The summed E-state index contributed by atoms with van der Waals surface area (Å²) in [4.78, 5) is 16.7. The van der Waals surface area contributed by atoms with Gasteiger partial charge in [-0.25, -0.2) is 4.98 Å². The van der Waals surface area contributed by atoms with Crippen molar-refractivity contribution in [2.24, 2.45) is 5.73 Å². The van der Waals surface area contributed by atoms with E-state index in [1.54, 1.807) is 6.07 Å². The van der Waals surface area contributed by atoms with Crippen LogP contribution in [0.2, 0.25) is 0 Å². The monoisotopic (exact) mass is 284 g/mol. The summed E-state index contributed by atoms with van der Waals surface area (Å²) in [6.07, 6.45) is 5.63. The van der Waals surface area contributed by atoms with Gasteiger partial charge in [0, 0.05) is 24.2 Å². The van der Waals surface area contributed by atoms with Gasteiger partial charge in [0.15, 0.2) is 0 Å². The zero-order chi connectivity index (χ0) is 12.7. The topological polar surface area (TPSA) is 85.3 Å². The van der Waals surface area contributed by atoms with Gasteiger partial charge in [0.25, 0.3) is 5.69 Å². The highest BCUT2D eigenvalue weighted by Crippen LogP contribution is 2.38. The SMILES string of the molecule is Cl.NC1CC2CCC(C1)N2c1ccc([N+](=O)[O-])cn1. The highest BCUT2D eigenvalue weighted by molar-refractivity contribution is 5.85. The number of nitro groups is 1. The zero-order valence-electron chi connectivity index (χ0n) is 10.4. The van der Waals surface area contributed by atoms with E-state index in [1.165, 1.54) is 12.3 Å². The molecule has 6 nitrogen and oxygen atoms in total. The predicted octanol–water partition coefficient (Wildman–Crippen LogP) is 1.87. The Morgan fingerprint density at radius 1 is 1.32 bits per heavy atom. The minimum absolute atomic E-state index is 0. The number of halogens is 1. The lowest BCUT2D eigenvalue weighted by atomic mass is 9.98. The summed E-state index contributed by atoms with van der Waals surface area (Å²) >= 11 is 0. The Morgan fingerprint density at radius 2 is 1.95 bits per heavy atom. The van der Waals surface area contributed by atoms with Crippen LogP contribution in [0.1, 0.15) is 25.7 Å². The molecule has 2 fully saturated rings. The molecule has 3 heterocycles. The quantitative estimate of drug-likeness (QED) is 0.662. The third-order valence-electron chi connectivity index (χ3n) is 3.98. The first kappa shape index (κ1) is 14.0. The summed E-state index contributed by atoms with van der Waals surface area (Å²) in [6.45, 7) is 0. The van der Waals surface area contributed by atoms with Crippen LogP contribution in [0, 0.1) is 10.1 Å². The standard InChI is InChI=1S/C12H16N4O2.ClH/c13-8-5-9-1-2-10(6-8)15(9)12-4-3-11(7-14-12)16(17)18;/h3-4,7-10H,1-2,5-6,13H2;1H. The minimum atomic E-state index is -0.419. The fourth-order valence-corrected chi connectivity index (χ4v) is 3.23. The number of fused-ring (bicyclic) bond motifs is 2. The van der Waals surface area contributed by atoms with Crippen LogP contribution in [0.15, 0.2) is 18.3 Å². The molecule has 0 aromatic carbocycles. The van der Waals surface area contributed by atoms with Crippen LogP contribution in [-0.4, -0.2) is 28.0 Å². The third-order valence-corrected chi connectivity index (χ3v) is 3.98. The Hall–Kier alpha value is -1.40. The average molecular weight is 285 g/mol. The summed E-state index contributed by atoms with van der Waals surface area (Å²) in [5, 5.41) is 10.6. The number of piperidine rings is 1. The van der Waals surface area contributed by atoms with Gasteiger partial charge < -0.3 is 10.6 Å². The van der Waals surface area contributed by atoms with Crippen molar-refractivity contribution < 1.29 is 4.92 Å². The van der Waals surface area contributed by atoms with Gasteiger partial charge >= 0.3 is 0 Å². The van der Waals surface area contributed by atoms with Crippen molar-refractivity contribution in [1.29, 1.82) is 0 Å². The Balaban J connectivity index is 0.00000133. The van der Waals surface area contributed by atoms with Gasteiger partial charge in [-0.1, -0.05) is 0 Å². The van der Waals surface area contributed by atoms with Gasteiger partial charge in [-0.2, -0.15) is 0 Å². The van der Waals surface area contributed by atoms with E-state index in [0.717, 1.165) is 31.5 Å². The van der Waals surface area contributed by atoms with Gasteiger partial charge in [-0.05, 0) is 31.7 Å². The van der Waals surface area contributed by atoms with Crippen molar-refractivity contribution >= 4 is 23.9 Å². The maximum absolute atomic E-state index is 10.6. The first-order chi connectivity index (χ1) is 8.65. The van der Waals surface area contributed by atoms with Crippen LogP contribution in [-0.2, 0) is 0 Å². The lowest BCUT2D eigenvalue weighted by molar-refractivity contribution is -0.385. The van der Waals surface area contributed by atoms with Crippen LogP contribution in [0.3, 0.4) is 0 Å². The fourth-order valence-electron chi connectivity index (χ4n) is 3.23. The van der Waals surface area contributed by atoms with E-state index in [9.17, 15) is 10.1 Å². The first-order valence-corrected chi connectivity index (χ1v) is 6.29. The number of nitrogens with two attached hydrogens (primary N) is 1. The minimum Gasteiger partial charge on any atom is -0.351 e. The number of anilines is 1. The molecule has 0 spiro atoms. The molecule has 7 heteroatoms. The molecule has 2 aliphatic rings. The Morgan fingerprint density at radius 3 is 2.42 bits per heavy atom. The Bertz CT molecular complexity index is 453. The summed E-state index contributed by atoms with van der Waals surface area (Å²) in [5.74, 6) is 0.847. The highest BCUT2D eigenvalue weighted by atomic mass is 35.5. The lowest BCUT2D eigenvalue weighted by Gasteiger charge is -2.38. The summed E-state index contributed by atoms with van der Waals surface area (Å²) in [5.41, 5.74) is 6.06. The molecule has 2 bridgehead atoms. The number of aromatic nitrogens is 1. The second kappa shape index (κ2) is 5.30. The van der Waals surface area contributed by atoms with Crippen LogP contribution in [0.5, 0.6) is 0 Å². The van der Waals surface area contributed by atoms with Crippen LogP contribution >= 0.6 is 12.4 Å². The molecule has 2 unspecified atom stereocenters. The zero-order valence-corrected chi connectivity index (χ0v) is 11.3. The Kier molecular flexibility index (Phi) is 3.91. The molecule has 1 aromatic rings. The van der Waals surface area contributed by atoms with Crippen molar-refractivity contribution in [1.82, 2.24) is 4.98 Å². The molecule has 2 aliphatic heterocycles. The summed E-state index contributed by atoms with van der Waals surface area (Å²) in [7, 11) is 0. The highest BCUT2D eigenvalue weighted by Gasteiger charge is 2.40. The van der Waals surface area contributed by atoms with Gasteiger partial charge in [0.2, 0.25) is 0 Å². The average Bonchev–Trinajstić information content (AvgIpc) is 2.62. The molecule has 0 radical (unpaired) electrons. The molecular weight excluding hydrogens is 268 g/mol. The molecular formula is C12H17ClN4O2. The van der Waals surface area contributed by atoms with E-state index in [4.69, 9.17) is 5.73 Å². The van der Waals surface area contributed by atoms with Crippen LogP contribution in [0.25, 0.3) is 0 Å². The molecule has 3 rings (SSSR count). The van der Waals surface area contributed by atoms with Crippen molar-refractivity contribution in [3.05, 3.63) is 28.4 Å². The van der Waals surface area contributed by atoms with Crippen LogP contribution < -0.4 is 10.6 Å². The molecule has 2 atom stereocenters. The van der Waals surface area contributed by atoms with E-state index < -0.39 is 4.92 Å². The largest absolute Gasteiger partial charge is 0.351 e. The predicted molar refractivity (Wildman–Crippen MR) is 74.6 cm³/mol. The van der Waals surface area contributed by atoms with Crippen molar-refractivity contribution in [3.8, 4) is 0 Å². The van der Waals surface area contributed by atoms with E-state index in [0.29, 0.717) is 12.1 Å². The number of nitrogens with zero attached hydrogens (tertiary/aromatic N) is 3. The number of rotatable bonds is 2. The number of hydrogen-bond donors (Lipinski definition) is 1. The number of pyridine rings is 1. The van der Waals surface area contributed by atoms with Gasteiger partial charge in [0.1, 0.15) is 12.0 Å². The third kappa shape index (κ3) is 2.50. The molecule has 2 N–H and O–H groups in total. The van der Waals surface area contributed by atoms with E-state index >= 15 is 0 Å². The molecule has 0 saturated carbocycles. The second-order valence-corrected chi connectivity index (χ2v) is 5.16. The van der Waals surface area contributed by atoms with Gasteiger partial charge in [-0.3, -0.25) is 10.1 Å². The normalized spacial score (nSPS) is 28.9. The lowest BCUT2D eigenvalue weighted by Crippen LogP contribution is -2.47. The van der Waals surface area contributed by atoms with Gasteiger partial charge in [0.05, 0.1) is 4.92 Å². The van der Waals surface area contributed by atoms with Crippen molar-refractivity contribution in [3.63, 3.8) is 0 Å².